The molecule has 1 aromatic rings. The highest BCUT2D eigenvalue weighted by atomic mass is 31.3. The Bertz CT molecular complexity index is 2250. The number of aromatic nitrogens is 2. The van der Waals surface area contributed by atoms with Crippen molar-refractivity contribution in [2.75, 3.05) is 25.6 Å². The number of ether oxygens (including phenoxy) is 3. The summed E-state index contributed by atoms with van der Waals surface area (Å²) in [6, 6.07) is 1.23. The van der Waals surface area contributed by atoms with Gasteiger partial charge in [0.1, 0.15) is 30.7 Å². The summed E-state index contributed by atoms with van der Waals surface area (Å²) in [7, 11) is -11.0. The number of unbranched alkanes of at least 4 members (excludes halogenated alkanes) is 4. The Morgan fingerprint density at radius 1 is 0.720 bits per heavy atom. The molecule has 0 bridgehead atoms. The number of anilines is 1. The lowest BCUT2D eigenvalue weighted by Crippen LogP contribution is -2.36. The number of phosphoric acid groups is 2. The van der Waals surface area contributed by atoms with Crippen LogP contribution in [0, 0.1) is 0 Å². The standard InChI is InChI=1S/C54H81N3O16P2/c1-3-5-7-9-11-13-15-17-18-19-20-22-24-26-28-30-34-39-50(60)71-46(42-68-49(59)38-35-31-33-37-45(58)36-32-29-27-25-23-21-16-14-12-10-8-6-4-2)43-69-74(64,65)73-75(66,67)70-44-47-51(61)52(62)53(72-47)57-41-40-48(55)56-54(57)63/h6,8,11-14,17-18,20-23,26-29,31-33,36,40-41,45-47,51-53,58,61-62H,3-5,7,9-10,15-16,19,24-25,30,34-35,37-39,42-44H2,1-2H3,(H,64,65)(H,66,67)(H2,55,56,63)/b8-6-,13-11-,14-12-,18-17-,22-20-,23-21-,28-26-,29-27-,33-31-,36-32-/t45?,46-,47-,51-,52-,53-/m1/s1. The van der Waals surface area contributed by atoms with Crippen LogP contribution in [0.4, 0.5) is 5.82 Å². The van der Waals surface area contributed by atoms with Gasteiger partial charge in [-0.25, -0.2) is 13.9 Å². The number of nitrogen functional groups attached to an aromatic ring is 1. The van der Waals surface area contributed by atoms with E-state index in [-0.39, 0.29) is 25.1 Å². The van der Waals surface area contributed by atoms with Gasteiger partial charge in [-0.3, -0.25) is 23.2 Å². The average Bonchev–Trinajstić information content (AvgIpc) is 3.64. The maximum atomic E-state index is 12.9. The van der Waals surface area contributed by atoms with Crippen LogP contribution in [0.25, 0.3) is 0 Å². The minimum Gasteiger partial charge on any atom is -0.462 e. The van der Waals surface area contributed by atoms with Crippen molar-refractivity contribution in [3.8, 4) is 0 Å². The summed E-state index contributed by atoms with van der Waals surface area (Å²) in [5.74, 6) is -1.57. The van der Waals surface area contributed by atoms with Crippen LogP contribution in [0.3, 0.4) is 0 Å². The molecule has 1 aromatic heterocycles. The number of nitrogens with two attached hydrogens (primary N) is 1. The average molecular weight is 1090 g/mol. The van der Waals surface area contributed by atoms with Gasteiger partial charge in [0.25, 0.3) is 0 Å². The van der Waals surface area contributed by atoms with Gasteiger partial charge >= 0.3 is 33.3 Å². The van der Waals surface area contributed by atoms with Crippen molar-refractivity contribution >= 4 is 33.4 Å². The molecule has 7 N–H and O–H groups in total. The van der Waals surface area contributed by atoms with E-state index in [1.54, 1.807) is 24.3 Å². The molecule has 1 aliphatic heterocycles. The predicted molar refractivity (Wildman–Crippen MR) is 290 cm³/mol. The van der Waals surface area contributed by atoms with Crippen molar-refractivity contribution in [2.45, 2.75) is 160 Å². The summed E-state index contributed by atoms with van der Waals surface area (Å²) >= 11 is 0. The van der Waals surface area contributed by atoms with Crippen molar-refractivity contribution in [2.24, 2.45) is 0 Å². The maximum Gasteiger partial charge on any atom is 0.481 e. The quantitative estimate of drug-likeness (QED) is 0.0117. The Kier molecular flexibility index (Phi) is 35.7. The third-order valence-corrected chi connectivity index (χ3v) is 13.2. The number of carbonyl (C=O) groups excluding carboxylic acids is 2. The van der Waals surface area contributed by atoms with Gasteiger partial charge in [0.05, 0.1) is 19.3 Å². The zero-order chi connectivity index (χ0) is 55.0. The summed E-state index contributed by atoms with van der Waals surface area (Å²) in [6.45, 7) is 1.77. The first-order valence-corrected chi connectivity index (χ1v) is 28.6. The van der Waals surface area contributed by atoms with Gasteiger partial charge in [-0.05, 0) is 89.5 Å². The van der Waals surface area contributed by atoms with Crippen molar-refractivity contribution < 1.29 is 71.4 Å². The molecule has 19 nitrogen and oxygen atoms in total. The van der Waals surface area contributed by atoms with E-state index in [0.29, 0.717) is 25.7 Å². The highest BCUT2D eigenvalue weighted by Gasteiger charge is 2.46. The van der Waals surface area contributed by atoms with E-state index in [1.807, 2.05) is 30.4 Å². The van der Waals surface area contributed by atoms with Crippen LogP contribution < -0.4 is 11.4 Å². The van der Waals surface area contributed by atoms with Crippen LogP contribution in [0.15, 0.2) is 139 Å². The number of aliphatic hydroxyl groups excluding tert-OH is 3. The van der Waals surface area contributed by atoms with Gasteiger partial charge in [0.15, 0.2) is 12.3 Å². The second-order valence-corrected chi connectivity index (χ2v) is 20.2. The fourth-order valence-electron chi connectivity index (χ4n) is 6.65. The van der Waals surface area contributed by atoms with Crippen molar-refractivity contribution in [1.29, 1.82) is 0 Å². The zero-order valence-electron chi connectivity index (χ0n) is 43.4. The molecule has 0 radical (unpaired) electrons. The van der Waals surface area contributed by atoms with E-state index < -0.39 is 89.8 Å². The molecule has 418 valence electrons. The van der Waals surface area contributed by atoms with E-state index in [1.165, 1.54) is 25.3 Å². The van der Waals surface area contributed by atoms with Crippen molar-refractivity contribution in [1.82, 2.24) is 9.55 Å². The molecule has 2 heterocycles. The molecular weight excluding hydrogens is 1010 g/mol. The molecule has 0 aliphatic carbocycles. The number of esters is 2. The lowest BCUT2D eigenvalue weighted by molar-refractivity contribution is -0.161. The maximum absolute atomic E-state index is 12.9. The third kappa shape index (κ3) is 33.0. The number of carbonyl (C=O) groups is 2. The molecule has 21 heteroatoms. The summed E-state index contributed by atoms with van der Waals surface area (Å²) < 4.78 is 56.6. The number of rotatable bonds is 40. The molecule has 0 amide bonds. The molecule has 0 aromatic carbocycles. The predicted octanol–water partition coefficient (Wildman–Crippen LogP) is 9.74. The molecule has 75 heavy (non-hydrogen) atoms. The summed E-state index contributed by atoms with van der Waals surface area (Å²) in [5.41, 5.74) is 4.57. The van der Waals surface area contributed by atoms with Gasteiger partial charge in [-0.1, -0.05) is 148 Å². The molecule has 0 saturated carbocycles. The molecule has 1 fully saturated rings. The first-order valence-electron chi connectivity index (χ1n) is 25.7. The molecule has 1 saturated heterocycles. The minimum atomic E-state index is -5.48. The molecule has 8 atom stereocenters. The van der Waals surface area contributed by atoms with E-state index in [2.05, 4.69) is 90.0 Å². The normalized spacial score (nSPS) is 20.2. The number of aliphatic hydroxyl groups is 3. The molecule has 2 rings (SSSR count). The lowest BCUT2D eigenvalue weighted by Gasteiger charge is -2.21. The summed E-state index contributed by atoms with van der Waals surface area (Å²) in [5, 5.41) is 31.2. The highest BCUT2D eigenvalue weighted by Crippen LogP contribution is 2.60. The Hall–Kier alpha value is -4.88. The Balaban J connectivity index is 1.89. The van der Waals surface area contributed by atoms with Crippen molar-refractivity contribution in [3.63, 3.8) is 0 Å². The van der Waals surface area contributed by atoms with Gasteiger partial charge in [-0.15, -0.1) is 0 Å². The van der Waals surface area contributed by atoms with E-state index >= 15 is 0 Å². The van der Waals surface area contributed by atoms with Crippen LogP contribution in [0.5, 0.6) is 0 Å². The Labute approximate surface area is 442 Å². The Morgan fingerprint density at radius 3 is 1.91 bits per heavy atom. The van der Waals surface area contributed by atoms with Gasteiger partial charge in [0, 0.05) is 19.0 Å². The second kappa shape index (κ2) is 40.4. The number of phosphoric ester groups is 2. The third-order valence-electron chi connectivity index (χ3n) is 10.6. The Morgan fingerprint density at radius 2 is 1.29 bits per heavy atom. The smallest absolute Gasteiger partial charge is 0.462 e. The SMILES string of the molecule is CC/C=C\C/C=C\C/C=C\C/C=C\C=C/C(O)C/C=C\CCC(=O)OC[C@H](COP(=O)(O)OP(=O)(O)OC[C@H]1O[C@@H](n2ccc(N)nc2=O)[C@H](O)[C@@H]1O)OC(=O)CCC/C=C\C/C=C\C/C=C\C/C=C\CCCCC. The van der Waals surface area contributed by atoms with Crippen LogP contribution in [0.1, 0.15) is 129 Å². The largest absolute Gasteiger partial charge is 0.481 e. The lowest BCUT2D eigenvalue weighted by atomic mass is 10.1. The summed E-state index contributed by atoms with van der Waals surface area (Å²) in [6.07, 6.45) is 44.6. The fourth-order valence-corrected chi connectivity index (χ4v) is 8.76. The minimum absolute atomic E-state index is 0.0706. The van der Waals surface area contributed by atoms with E-state index in [9.17, 15) is 48.6 Å². The molecule has 1 aliphatic rings. The number of nitrogens with zero attached hydrogens (tertiary/aromatic N) is 2. The topological polar surface area (TPSA) is 286 Å². The first kappa shape index (κ1) is 66.2. The molecular formula is C54H81N3O16P2. The second-order valence-electron chi connectivity index (χ2n) is 17.1. The fraction of sp³-hybridized carbons (Fsp3) is 0.519. The molecule has 3 unspecified atom stereocenters. The van der Waals surface area contributed by atoms with Gasteiger partial charge in [-0.2, -0.15) is 9.29 Å². The van der Waals surface area contributed by atoms with Gasteiger partial charge in [0.2, 0.25) is 0 Å². The zero-order valence-corrected chi connectivity index (χ0v) is 45.2. The van der Waals surface area contributed by atoms with Gasteiger partial charge < -0.3 is 45.1 Å². The van der Waals surface area contributed by atoms with Crippen LogP contribution in [-0.2, 0) is 46.3 Å². The van der Waals surface area contributed by atoms with E-state index in [0.717, 1.165) is 55.7 Å². The number of hydrogen-bond acceptors (Lipinski definition) is 16. The highest BCUT2D eigenvalue weighted by molar-refractivity contribution is 7.61. The van der Waals surface area contributed by atoms with Crippen LogP contribution in [-0.4, -0.2) is 96.9 Å². The first-order chi connectivity index (χ1) is 36.1. The monoisotopic (exact) mass is 1090 g/mol. The van der Waals surface area contributed by atoms with Crippen molar-refractivity contribution in [3.05, 3.63) is 144 Å². The van der Waals surface area contributed by atoms with Crippen LogP contribution in [0.2, 0.25) is 0 Å². The van der Waals surface area contributed by atoms with Crippen LogP contribution >= 0.6 is 15.6 Å². The number of hydrogen-bond donors (Lipinski definition) is 6. The number of allylic oxidation sites excluding steroid dienone is 18. The molecule has 0 spiro atoms. The van der Waals surface area contributed by atoms with E-state index in [4.69, 9.17) is 29.0 Å². The summed E-state index contributed by atoms with van der Waals surface area (Å²) in [4.78, 5) is 61.9.